The van der Waals surface area contributed by atoms with E-state index in [1.165, 1.54) is 49.9 Å². The normalized spacial score (nSPS) is 29.1. The fourth-order valence-corrected chi connectivity index (χ4v) is 7.37. The van der Waals surface area contributed by atoms with Crippen LogP contribution in [-0.2, 0) is 10.2 Å². The summed E-state index contributed by atoms with van der Waals surface area (Å²) >= 11 is 1.52. The number of hydrogen-bond acceptors (Lipinski definition) is 5. The van der Waals surface area contributed by atoms with Gasteiger partial charge in [0, 0.05) is 11.0 Å². The first kappa shape index (κ1) is 19.7. The monoisotopic (exact) mass is 424 g/mol. The molecule has 4 bridgehead atoms. The SMILES string of the molecule is Cc1cc(C)cc(C(=O)NCC(=O)Nc2nnc(C34CC5CC(CC(C5)C3)C4)s2)c1. The largest absolute Gasteiger partial charge is 0.343 e. The molecule has 158 valence electrons. The van der Waals surface area contributed by atoms with E-state index in [1.54, 1.807) is 0 Å². The van der Waals surface area contributed by atoms with Gasteiger partial charge in [-0.1, -0.05) is 28.5 Å². The van der Waals surface area contributed by atoms with Crippen LogP contribution in [0.25, 0.3) is 0 Å². The average molecular weight is 425 g/mol. The van der Waals surface area contributed by atoms with E-state index < -0.39 is 0 Å². The summed E-state index contributed by atoms with van der Waals surface area (Å²) in [6, 6.07) is 5.66. The van der Waals surface area contributed by atoms with E-state index >= 15 is 0 Å². The minimum atomic E-state index is -0.277. The Bertz CT molecular complexity index is 943. The first-order valence-electron chi connectivity index (χ1n) is 10.9. The van der Waals surface area contributed by atoms with Crippen LogP contribution < -0.4 is 10.6 Å². The molecule has 4 aliphatic rings. The Hall–Kier alpha value is -2.28. The molecule has 4 saturated carbocycles. The topological polar surface area (TPSA) is 84.0 Å². The molecule has 0 saturated heterocycles. The molecule has 30 heavy (non-hydrogen) atoms. The highest BCUT2D eigenvalue weighted by Crippen LogP contribution is 2.61. The second-order valence-electron chi connectivity index (χ2n) is 9.72. The van der Waals surface area contributed by atoms with E-state index in [9.17, 15) is 9.59 Å². The molecule has 0 atom stereocenters. The number of hydrogen-bond donors (Lipinski definition) is 2. The van der Waals surface area contributed by atoms with Gasteiger partial charge < -0.3 is 5.32 Å². The van der Waals surface area contributed by atoms with E-state index in [0.29, 0.717) is 10.7 Å². The van der Waals surface area contributed by atoms with Gasteiger partial charge in [0.2, 0.25) is 11.0 Å². The van der Waals surface area contributed by atoms with Gasteiger partial charge in [0.15, 0.2) is 0 Å². The maximum absolute atomic E-state index is 12.4. The fourth-order valence-electron chi connectivity index (χ4n) is 6.39. The van der Waals surface area contributed by atoms with Crippen molar-refractivity contribution < 1.29 is 9.59 Å². The van der Waals surface area contributed by atoms with Crippen molar-refractivity contribution in [2.45, 2.75) is 57.8 Å². The number of aryl methyl sites for hydroxylation is 2. The molecule has 1 heterocycles. The zero-order valence-electron chi connectivity index (χ0n) is 17.5. The number of aromatic nitrogens is 2. The van der Waals surface area contributed by atoms with Gasteiger partial charge in [-0.15, -0.1) is 10.2 Å². The Morgan fingerprint density at radius 2 is 1.60 bits per heavy atom. The van der Waals surface area contributed by atoms with Crippen LogP contribution in [-0.4, -0.2) is 28.6 Å². The van der Waals surface area contributed by atoms with Gasteiger partial charge >= 0.3 is 0 Å². The molecule has 2 aromatic rings. The predicted octanol–water partition coefficient (Wildman–Crippen LogP) is 3.99. The lowest BCUT2D eigenvalue weighted by molar-refractivity contribution is -0.115. The van der Waals surface area contributed by atoms with Crippen LogP contribution in [0.15, 0.2) is 18.2 Å². The molecular formula is C23H28N4O2S. The molecule has 4 fully saturated rings. The number of benzene rings is 1. The van der Waals surface area contributed by atoms with Crippen molar-refractivity contribution >= 4 is 28.3 Å². The molecule has 1 aromatic heterocycles. The maximum Gasteiger partial charge on any atom is 0.251 e. The van der Waals surface area contributed by atoms with Crippen LogP contribution in [0.4, 0.5) is 5.13 Å². The van der Waals surface area contributed by atoms with Crippen LogP contribution in [0.5, 0.6) is 0 Å². The third-order valence-electron chi connectivity index (χ3n) is 7.06. The summed E-state index contributed by atoms with van der Waals surface area (Å²) < 4.78 is 0. The minimum absolute atomic E-state index is 0.0852. The maximum atomic E-state index is 12.4. The zero-order valence-corrected chi connectivity index (χ0v) is 18.3. The highest BCUT2D eigenvalue weighted by atomic mass is 32.1. The molecular weight excluding hydrogens is 396 g/mol. The van der Waals surface area contributed by atoms with E-state index in [1.807, 2.05) is 32.0 Å². The lowest BCUT2D eigenvalue weighted by atomic mass is 9.50. The third kappa shape index (κ3) is 3.75. The summed E-state index contributed by atoms with van der Waals surface area (Å²) in [4.78, 5) is 24.7. The van der Waals surface area contributed by atoms with Gasteiger partial charge in [-0.2, -0.15) is 0 Å². The van der Waals surface area contributed by atoms with E-state index in [0.717, 1.165) is 33.9 Å². The Morgan fingerprint density at radius 1 is 1.00 bits per heavy atom. The van der Waals surface area contributed by atoms with Crippen molar-refractivity contribution in [1.29, 1.82) is 0 Å². The second-order valence-corrected chi connectivity index (χ2v) is 10.7. The molecule has 7 heteroatoms. The molecule has 0 unspecified atom stereocenters. The highest BCUT2D eigenvalue weighted by Gasteiger charge is 2.53. The van der Waals surface area contributed by atoms with Crippen LogP contribution in [0.2, 0.25) is 0 Å². The quantitative estimate of drug-likeness (QED) is 0.760. The molecule has 6 nitrogen and oxygen atoms in total. The first-order chi connectivity index (χ1) is 14.4. The van der Waals surface area contributed by atoms with Crippen LogP contribution in [0, 0.1) is 31.6 Å². The Morgan fingerprint density at radius 3 is 2.20 bits per heavy atom. The number of rotatable bonds is 5. The standard InChI is InChI=1S/C23H28N4O2S/c1-13-3-14(2)5-18(4-13)20(29)24-12-19(28)25-22-27-26-21(30-22)23-9-15-6-16(10-23)8-17(7-15)11-23/h3-5,15-17H,6-12H2,1-2H3,(H,24,29)(H,25,27,28). The van der Waals surface area contributed by atoms with Crippen molar-refractivity contribution in [3.63, 3.8) is 0 Å². The van der Waals surface area contributed by atoms with Crippen molar-refractivity contribution in [2.75, 3.05) is 11.9 Å². The summed E-state index contributed by atoms with van der Waals surface area (Å²) in [5, 5.41) is 15.9. The Labute approximate surface area is 180 Å². The zero-order chi connectivity index (χ0) is 20.9. The summed E-state index contributed by atoms with van der Waals surface area (Å²) in [5.41, 5.74) is 2.80. The lowest BCUT2D eigenvalue weighted by Crippen LogP contribution is -2.48. The summed E-state index contributed by atoms with van der Waals surface area (Å²) in [5.74, 6) is 2.01. The number of carbonyl (C=O) groups is 2. The molecule has 0 radical (unpaired) electrons. The Kier molecular flexibility index (Phi) is 4.88. The summed E-state index contributed by atoms with van der Waals surface area (Å²) in [6.07, 6.45) is 7.86. The minimum Gasteiger partial charge on any atom is -0.343 e. The third-order valence-corrected chi connectivity index (χ3v) is 8.14. The van der Waals surface area contributed by atoms with Crippen molar-refractivity contribution in [1.82, 2.24) is 15.5 Å². The van der Waals surface area contributed by atoms with Crippen molar-refractivity contribution in [3.8, 4) is 0 Å². The fraction of sp³-hybridized carbons (Fsp3) is 0.565. The van der Waals surface area contributed by atoms with Gasteiger partial charge in [-0.3, -0.25) is 14.9 Å². The smallest absolute Gasteiger partial charge is 0.251 e. The summed E-state index contributed by atoms with van der Waals surface area (Å²) in [6.45, 7) is 3.82. The van der Waals surface area contributed by atoms with Crippen molar-refractivity contribution in [2.24, 2.45) is 17.8 Å². The van der Waals surface area contributed by atoms with E-state index in [2.05, 4.69) is 20.8 Å². The van der Waals surface area contributed by atoms with Gasteiger partial charge in [-0.25, -0.2) is 0 Å². The van der Waals surface area contributed by atoms with E-state index in [4.69, 9.17) is 0 Å². The van der Waals surface area contributed by atoms with Crippen LogP contribution >= 0.6 is 11.3 Å². The average Bonchev–Trinajstić information content (AvgIpc) is 3.13. The highest BCUT2D eigenvalue weighted by molar-refractivity contribution is 7.15. The van der Waals surface area contributed by atoms with Crippen molar-refractivity contribution in [3.05, 3.63) is 39.9 Å². The lowest BCUT2D eigenvalue weighted by Gasteiger charge is -2.55. The number of nitrogens with zero attached hydrogens (tertiary/aromatic N) is 2. The van der Waals surface area contributed by atoms with Crippen LogP contribution in [0.1, 0.15) is 65.0 Å². The molecule has 2 N–H and O–H groups in total. The molecule has 2 amide bonds. The first-order valence-corrected chi connectivity index (χ1v) is 11.7. The molecule has 0 spiro atoms. The summed E-state index contributed by atoms with van der Waals surface area (Å²) in [7, 11) is 0. The number of anilines is 1. The van der Waals surface area contributed by atoms with E-state index in [-0.39, 0.29) is 23.8 Å². The van der Waals surface area contributed by atoms with Gasteiger partial charge in [-0.05, 0) is 82.3 Å². The van der Waals surface area contributed by atoms with Crippen LogP contribution in [0.3, 0.4) is 0 Å². The van der Waals surface area contributed by atoms with Gasteiger partial charge in [0.05, 0.1) is 6.54 Å². The molecule has 0 aliphatic heterocycles. The number of amides is 2. The predicted molar refractivity (Wildman–Crippen MR) is 117 cm³/mol. The number of carbonyl (C=O) groups excluding carboxylic acids is 2. The molecule has 1 aromatic carbocycles. The van der Waals surface area contributed by atoms with Gasteiger partial charge in [0.25, 0.3) is 5.91 Å². The Balaban J connectivity index is 1.19. The molecule has 6 rings (SSSR count). The second kappa shape index (κ2) is 7.45. The van der Waals surface area contributed by atoms with Gasteiger partial charge in [0.1, 0.15) is 5.01 Å². The molecule has 4 aliphatic carbocycles. The number of nitrogens with one attached hydrogen (secondary N) is 2.